The summed E-state index contributed by atoms with van der Waals surface area (Å²) in [5.41, 5.74) is 5.36. The fraction of sp³-hybridized carbons (Fsp3) is 0.548. The summed E-state index contributed by atoms with van der Waals surface area (Å²) >= 11 is 0. The maximum absolute atomic E-state index is 13.2. The number of fused-ring (bicyclic) bond motifs is 2. The quantitative estimate of drug-likeness (QED) is 0.359. The number of anilines is 2. The first kappa shape index (κ1) is 27.6. The SMILES string of the molecule is COCCN(C)C1(Nc2cc(C)c(C(=O)OC)cc2-c2ccc3c(c2)NC(=O)C32CCOCC2)CCCCC1. The number of likely N-dealkylation sites (N-methyl/N-ethyl adjacent to an activating group) is 1. The lowest BCUT2D eigenvalue weighted by atomic mass is 9.75. The van der Waals surface area contributed by atoms with Gasteiger partial charge in [0, 0.05) is 43.8 Å². The predicted octanol–water partition coefficient (Wildman–Crippen LogP) is 5.10. The highest BCUT2D eigenvalue weighted by Gasteiger charge is 2.47. The molecule has 3 aliphatic rings. The van der Waals surface area contributed by atoms with Gasteiger partial charge in [0.2, 0.25) is 5.91 Å². The topological polar surface area (TPSA) is 89.1 Å². The van der Waals surface area contributed by atoms with Crippen molar-refractivity contribution < 1.29 is 23.8 Å². The van der Waals surface area contributed by atoms with Crippen molar-refractivity contribution in [3.05, 3.63) is 47.0 Å². The van der Waals surface area contributed by atoms with Gasteiger partial charge in [0.1, 0.15) is 0 Å². The Morgan fingerprint density at radius 1 is 1.08 bits per heavy atom. The second-order valence-corrected chi connectivity index (χ2v) is 11.2. The van der Waals surface area contributed by atoms with E-state index in [2.05, 4.69) is 46.8 Å². The van der Waals surface area contributed by atoms with E-state index in [0.717, 1.165) is 65.9 Å². The Hall–Kier alpha value is -2.94. The molecule has 1 saturated carbocycles. The molecule has 0 unspecified atom stereocenters. The van der Waals surface area contributed by atoms with Crippen molar-refractivity contribution in [2.45, 2.75) is 62.9 Å². The number of carbonyl (C=O) groups is 2. The summed E-state index contributed by atoms with van der Waals surface area (Å²) < 4.78 is 16.1. The Balaban J connectivity index is 1.59. The lowest BCUT2D eigenvalue weighted by molar-refractivity contribution is -0.124. The summed E-state index contributed by atoms with van der Waals surface area (Å²) in [5, 5.41) is 7.09. The number of benzene rings is 2. The largest absolute Gasteiger partial charge is 0.465 e. The smallest absolute Gasteiger partial charge is 0.338 e. The summed E-state index contributed by atoms with van der Waals surface area (Å²) in [4.78, 5) is 28.2. The van der Waals surface area contributed by atoms with Crippen LogP contribution in [0.2, 0.25) is 0 Å². The number of nitrogens with one attached hydrogen (secondary N) is 2. The Labute approximate surface area is 231 Å². The first-order valence-corrected chi connectivity index (χ1v) is 14.1. The van der Waals surface area contributed by atoms with Crippen LogP contribution in [-0.2, 0) is 24.4 Å². The molecule has 2 aromatic rings. The van der Waals surface area contributed by atoms with Crippen molar-refractivity contribution in [3.63, 3.8) is 0 Å². The fourth-order valence-electron chi connectivity index (χ4n) is 6.62. The summed E-state index contributed by atoms with van der Waals surface area (Å²) in [6.07, 6.45) is 6.94. The van der Waals surface area contributed by atoms with Crippen molar-refractivity contribution in [2.24, 2.45) is 0 Å². The van der Waals surface area contributed by atoms with Crippen LogP contribution < -0.4 is 10.6 Å². The Morgan fingerprint density at radius 2 is 1.82 bits per heavy atom. The molecule has 2 aromatic carbocycles. The fourth-order valence-corrected chi connectivity index (χ4v) is 6.62. The number of hydrogen-bond donors (Lipinski definition) is 2. The first-order valence-electron chi connectivity index (χ1n) is 14.1. The van der Waals surface area contributed by atoms with Gasteiger partial charge in [-0.25, -0.2) is 4.79 Å². The Bertz CT molecular complexity index is 1230. The van der Waals surface area contributed by atoms with E-state index in [-0.39, 0.29) is 17.5 Å². The van der Waals surface area contributed by atoms with Crippen LogP contribution in [0.4, 0.5) is 11.4 Å². The van der Waals surface area contributed by atoms with E-state index in [9.17, 15) is 9.59 Å². The van der Waals surface area contributed by atoms with E-state index in [1.54, 1.807) is 7.11 Å². The third kappa shape index (κ3) is 5.06. The van der Waals surface area contributed by atoms with Gasteiger partial charge in [-0.15, -0.1) is 0 Å². The van der Waals surface area contributed by atoms with E-state index < -0.39 is 5.41 Å². The summed E-state index contributed by atoms with van der Waals surface area (Å²) in [5.74, 6) is -0.308. The summed E-state index contributed by atoms with van der Waals surface area (Å²) in [6.45, 7) is 4.59. The number of ether oxygens (including phenoxy) is 3. The van der Waals surface area contributed by atoms with Crippen molar-refractivity contribution in [3.8, 4) is 11.1 Å². The molecule has 39 heavy (non-hydrogen) atoms. The number of hydrogen-bond acceptors (Lipinski definition) is 7. The van der Waals surface area contributed by atoms with Gasteiger partial charge in [-0.3, -0.25) is 9.69 Å². The number of rotatable bonds is 8. The molecule has 5 rings (SSSR count). The van der Waals surface area contributed by atoms with Crippen LogP contribution in [0.3, 0.4) is 0 Å². The minimum absolute atomic E-state index is 0.0522. The van der Waals surface area contributed by atoms with Crippen molar-refractivity contribution in [1.82, 2.24) is 4.90 Å². The molecule has 8 nitrogen and oxygen atoms in total. The number of carbonyl (C=O) groups excluding carboxylic acids is 2. The second-order valence-electron chi connectivity index (χ2n) is 11.2. The minimum Gasteiger partial charge on any atom is -0.465 e. The number of amides is 1. The molecule has 8 heteroatoms. The molecule has 1 spiro atoms. The van der Waals surface area contributed by atoms with E-state index in [0.29, 0.717) is 38.2 Å². The van der Waals surface area contributed by atoms with E-state index in [4.69, 9.17) is 14.2 Å². The molecule has 1 saturated heterocycles. The van der Waals surface area contributed by atoms with Crippen molar-refractivity contribution >= 4 is 23.3 Å². The maximum atomic E-state index is 13.2. The molecule has 1 amide bonds. The lowest BCUT2D eigenvalue weighted by Gasteiger charge is -2.46. The van der Waals surface area contributed by atoms with Gasteiger partial charge < -0.3 is 24.8 Å². The number of esters is 1. The zero-order valence-corrected chi connectivity index (χ0v) is 23.7. The Kier molecular flexibility index (Phi) is 7.99. The van der Waals surface area contributed by atoms with Crippen molar-refractivity contribution in [1.29, 1.82) is 0 Å². The molecule has 2 aliphatic heterocycles. The zero-order valence-electron chi connectivity index (χ0n) is 23.7. The van der Waals surface area contributed by atoms with Gasteiger partial charge >= 0.3 is 5.97 Å². The highest BCUT2D eigenvalue weighted by molar-refractivity contribution is 6.07. The average molecular weight is 536 g/mol. The van der Waals surface area contributed by atoms with Crippen LogP contribution >= 0.6 is 0 Å². The molecule has 2 fully saturated rings. The highest BCUT2D eigenvalue weighted by atomic mass is 16.5. The first-order chi connectivity index (χ1) is 18.8. The van der Waals surface area contributed by atoms with Gasteiger partial charge in [0.05, 0.1) is 30.4 Å². The third-order valence-corrected chi connectivity index (χ3v) is 9.05. The second kappa shape index (κ2) is 11.3. The summed E-state index contributed by atoms with van der Waals surface area (Å²) in [6, 6.07) is 10.2. The standard InChI is InChI=1S/C31H41N3O5/c1-21-18-26(33-31(10-6-5-7-11-31)34(2)14-17-37-3)24(20-23(21)28(35)38-4)22-8-9-25-27(19-22)32-29(36)30(25)12-15-39-16-13-30/h8-9,18-20,33H,5-7,10-17H2,1-4H3,(H,32,36). The monoisotopic (exact) mass is 535 g/mol. The third-order valence-electron chi connectivity index (χ3n) is 9.05. The molecular weight excluding hydrogens is 494 g/mol. The normalized spacial score (nSPS) is 19.6. The number of methoxy groups -OCH3 is 2. The molecule has 2 heterocycles. The number of aryl methyl sites for hydroxylation is 1. The van der Waals surface area contributed by atoms with E-state index >= 15 is 0 Å². The number of nitrogens with zero attached hydrogens (tertiary/aromatic N) is 1. The van der Waals surface area contributed by atoms with Crippen molar-refractivity contribution in [2.75, 3.05) is 58.3 Å². The van der Waals surface area contributed by atoms with Gasteiger partial charge in [-0.2, -0.15) is 0 Å². The molecule has 2 N–H and O–H groups in total. The van der Waals surface area contributed by atoms with Gasteiger partial charge in [0.15, 0.2) is 0 Å². The van der Waals surface area contributed by atoms with Crippen LogP contribution in [0, 0.1) is 6.92 Å². The highest BCUT2D eigenvalue weighted by Crippen LogP contribution is 2.47. The van der Waals surface area contributed by atoms with E-state index in [1.165, 1.54) is 13.5 Å². The van der Waals surface area contributed by atoms with Crippen LogP contribution in [0.15, 0.2) is 30.3 Å². The zero-order chi connectivity index (χ0) is 27.6. The summed E-state index contributed by atoms with van der Waals surface area (Å²) in [7, 11) is 5.30. The lowest BCUT2D eigenvalue weighted by Crippen LogP contribution is -2.55. The maximum Gasteiger partial charge on any atom is 0.338 e. The molecule has 1 aliphatic carbocycles. The molecule has 210 valence electrons. The van der Waals surface area contributed by atoms with Gasteiger partial charge in [0.25, 0.3) is 0 Å². The van der Waals surface area contributed by atoms with Crippen LogP contribution in [0.1, 0.15) is 66.4 Å². The van der Waals surface area contributed by atoms with Gasteiger partial charge in [-0.05, 0) is 87.4 Å². The van der Waals surface area contributed by atoms with E-state index in [1.807, 2.05) is 13.0 Å². The molecule has 0 bridgehead atoms. The molecule has 0 atom stereocenters. The molecule has 0 aromatic heterocycles. The predicted molar refractivity (Wildman–Crippen MR) is 152 cm³/mol. The average Bonchev–Trinajstić information content (AvgIpc) is 3.21. The van der Waals surface area contributed by atoms with Gasteiger partial charge in [-0.1, -0.05) is 18.6 Å². The van der Waals surface area contributed by atoms with Crippen LogP contribution in [0.25, 0.3) is 11.1 Å². The Morgan fingerprint density at radius 3 is 2.51 bits per heavy atom. The molecular formula is C31H41N3O5. The van der Waals surface area contributed by atoms with Crippen LogP contribution in [0.5, 0.6) is 0 Å². The minimum atomic E-state index is -0.520. The molecule has 0 radical (unpaired) electrons. The van der Waals surface area contributed by atoms with Crippen LogP contribution in [-0.4, -0.2) is 70.1 Å².